The fourth-order valence-electron chi connectivity index (χ4n) is 2.47. The van der Waals surface area contributed by atoms with Gasteiger partial charge in [-0.3, -0.25) is 0 Å². The third-order valence-corrected chi connectivity index (χ3v) is 3.71. The number of hydrogen-bond donors (Lipinski definition) is 1. The van der Waals surface area contributed by atoms with Crippen LogP contribution in [-0.2, 0) is 6.54 Å². The Kier molecular flexibility index (Phi) is 2.93. The zero-order valence-electron chi connectivity index (χ0n) is 11.5. The van der Waals surface area contributed by atoms with Gasteiger partial charge < -0.3 is 5.32 Å². The molecule has 0 saturated heterocycles. The number of aromatic nitrogens is 3. The van der Waals surface area contributed by atoms with Crippen molar-refractivity contribution in [1.29, 1.82) is 0 Å². The van der Waals surface area contributed by atoms with E-state index < -0.39 is 0 Å². The Balaban J connectivity index is 1.72. The third-order valence-electron chi connectivity index (χ3n) is 3.71. The van der Waals surface area contributed by atoms with Gasteiger partial charge in [-0.05, 0) is 48.7 Å². The number of hydrogen-bond acceptors (Lipinski definition) is 3. The molecule has 1 fully saturated rings. The Morgan fingerprint density at radius 2 is 2.05 bits per heavy atom. The first-order valence-electron chi connectivity index (χ1n) is 7.13. The molecule has 1 heterocycles. The first-order chi connectivity index (χ1) is 10.3. The summed E-state index contributed by atoms with van der Waals surface area (Å²) in [5.74, 6) is -0.250. The van der Waals surface area contributed by atoms with Crippen molar-refractivity contribution in [1.82, 2.24) is 20.3 Å². The molecule has 1 saturated carbocycles. The van der Waals surface area contributed by atoms with E-state index in [1.165, 1.54) is 18.9 Å². The summed E-state index contributed by atoms with van der Waals surface area (Å²) in [4.78, 5) is 0. The monoisotopic (exact) mass is 282 g/mol. The minimum absolute atomic E-state index is 0.250. The van der Waals surface area contributed by atoms with E-state index in [0.29, 0.717) is 18.3 Å². The summed E-state index contributed by atoms with van der Waals surface area (Å²) < 4.78 is 15.6. The predicted molar refractivity (Wildman–Crippen MR) is 78.7 cm³/mol. The van der Waals surface area contributed by atoms with Crippen molar-refractivity contribution in [2.24, 2.45) is 0 Å². The van der Waals surface area contributed by atoms with Crippen LogP contribution in [0.5, 0.6) is 0 Å². The maximum absolute atomic E-state index is 13.9. The Morgan fingerprint density at radius 3 is 2.90 bits per heavy atom. The second-order valence-electron chi connectivity index (χ2n) is 5.46. The van der Waals surface area contributed by atoms with Crippen LogP contribution >= 0.6 is 0 Å². The average Bonchev–Trinajstić information content (AvgIpc) is 3.22. The van der Waals surface area contributed by atoms with Gasteiger partial charge in [-0.25, -0.2) is 9.07 Å². The van der Waals surface area contributed by atoms with Crippen LogP contribution in [0.2, 0.25) is 0 Å². The lowest BCUT2D eigenvalue weighted by Gasteiger charge is -2.07. The predicted octanol–water partition coefficient (Wildman–Crippen LogP) is 2.81. The molecule has 0 radical (unpaired) electrons. The molecular weight excluding hydrogens is 267 g/mol. The van der Waals surface area contributed by atoms with E-state index in [-0.39, 0.29) is 5.82 Å². The molecule has 0 amide bonds. The number of fused-ring (bicyclic) bond motifs is 1. The largest absolute Gasteiger partial charge is 0.310 e. The second kappa shape index (κ2) is 4.93. The van der Waals surface area contributed by atoms with E-state index in [1.54, 1.807) is 10.7 Å². The fourth-order valence-corrected chi connectivity index (χ4v) is 2.47. The number of nitrogens with zero attached hydrogens (tertiary/aromatic N) is 3. The number of rotatable bonds is 4. The van der Waals surface area contributed by atoms with Gasteiger partial charge >= 0.3 is 0 Å². The van der Waals surface area contributed by atoms with Crippen LogP contribution in [0, 0.1) is 5.82 Å². The topological polar surface area (TPSA) is 42.7 Å². The minimum Gasteiger partial charge on any atom is -0.310 e. The molecule has 2 aromatic carbocycles. The van der Waals surface area contributed by atoms with Crippen molar-refractivity contribution in [3.8, 4) is 5.69 Å². The molecule has 0 atom stereocenters. The molecule has 4 nitrogen and oxygen atoms in total. The summed E-state index contributed by atoms with van der Waals surface area (Å²) in [7, 11) is 0. The highest BCUT2D eigenvalue weighted by molar-refractivity contribution is 5.75. The highest BCUT2D eigenvalue weighted by Crippen LogP contribution is 2.21. The summed E-state index contributed by atoms with van der Waals surface area (Å²) in [5, 5.41) is 11.6. The van der Waals surface area contributed by atoms with Crippen LogP contribution in [-0.4, -0.2) is 21.0 Å². The zero-order chi connectivity index (χ0) is 14.2. The summed E-state index contributed by atoms with van der Waals surface area (Å²) in [6.45, 7) is 0.683. The highest BCUT2D eigenvalue weighted by atomic mass is 19.1. The van der Waals surface area contributed by atoms with E-state index in [4.69, 9.17) is 0 Å². The molecule has 1 aromatic heterocycles. The Morgan fingerprint density at radius 1 is 1.19 bits per heavy atom. The normalized spacial score (nSPS) is 14.7. The molecule has 1 N–H and O–H groups in total. The van der Waals surface area contributed by atoms with Crippen LogP contribution in [0.25, 0.3) is 16.7 Å². The average molecular weight is 282 g/mol. The number of para-hydroxylation sites is 1. The van der Waals surface area contributed by atoms with Crippen molar-refractivity contribution in [2.75, 3.05) is 0 Å². The quantitative estimate of drug-likeness (QED) is 0.800. The van der Waals surface area contributed by atoms with Crippen molar-refractivity contribution in [3.05, 3.63) is 53.8 Å². The summed E-state index contributed by atoms with van der Waals surface area (Å²) >= 11 is 0. The van der Waals surface area contributed by atoms with Crippen LogP contribution < -0.4 is 5.32 Å². The van der Waals surface area contributed by atoms with E-state index >= 15 is 0 Å². The van der Waals surface area contributed by atoms with E-state index in [0.717, 1.165) is 16.6 Å². The van der Waals surface area contributed by atoms with Crippen LogP contribution in [0.1, 0.15) is 18.4 Å². The van der Waals surface area contributed by atoms with Crippen molar-refractivity contribution >= 4 is 11.0 Å². The van der Waals surface area contributed by atoms with Gasteiger partial charge in [0.2, 0.25) is 0 Å². The molecule has 5 heteroatoms. The van der Waals surface area contributed by atoms with Gasteiger partial charge in [-0.2, -0.15) is 0 Å². The standard InChI is InChI=1S/C16H15FN4/c17-12-7-11(10-18-13-5-6-13)8-14(9-12)21-16-4-2-1-3-15(16)19-20-21/h1-4,7-9,13,18H,5-6,10H2. The zero-order valence-corrected chi connectivity index (χ0v) is 11.5. The van der Waals surface area contributed by atoms with Crippen LogP contribution in [0.4, 0.5) is 4.39 Å². The maximum atomic E-state index is 13.9. The Bertz CT molecular complexity index is 792. The van der Waals surface area contributed by atoms with Crippen LogP contribution in [0.15, 0.2) is 42.5 Å². The van der Waals surface area contributed by atoms with Crippen molar-refractivity contribution in [2.45, 2.75) is 25.4 Å². The minimum atomic E-state index is -0.250. The van der Waals surface area contributed by atoms with E-state index in [1.807, 2.05) is 30.3 Å². The van der Waals surface area contributed by atoms with Gasteiger partial charge in [0.15, 0.2) is 0 Å². The SMILES string of the molecule is Fc1cc(CNC2CC2)cc(-n2nnc3ccccc32)c1. The molecular formula is C16H15FN4. The molecule has 21 heavy (non-hydrogen) atoms. The molecule has 106 valence electrons. The third kappa shape index (κ3) is 2.52. The van der Waals surface area contributed by atoms with Gasteiger partial charge in [-0.15, -0.1) is 5.10 Å². The Hall–Kier alpha value is -2.27. The molecule has 0 aliphatic heterocycles. The fraction of sp³-hybridized carbons (Fsp3) is 0.250. The molecule has 0 bridgehead atoms. The highest BCUT2D eigenvalue weighted by Gasteiger charge is 2.20. The lowest BCUT2D eigenvalue weighted by Crippen LogP contribution is -2.15. The van der Waals surface area contributed by atoms with Gasteiger partial charge in [0, 0.05) is 12.6 Å². The molecule has 0 spiro atoms. The lowest BCUT2D eigenvalue weighted by molar-refractivity contribution is 0.616. The molecule has 1 aliphatic carbocycles. The number of nitrogens with one attached hydrogen (secondary N) is 1. The van der Waals surface area contributed by atoms with Crippen molar-refractivity contribution in [3.63, 3.8) is 0 Å². The van der Waals surface area contributed by atoms with Crippen molar-refractivity contribution < 1.29 is 4.39 Å². The van der Waals surface area contributed by atoms with Gasteiger partial charge in [0.1, 0.15) is 11.3 Å². The maximum Gasteiger partial charge on any atom is 0.125 e. The van der Waals surface area contributed by atoms with Gasteiger partial charge in [0.25, 0.3) is 0 Å². The Labute approximate surface area is 121 Å². The molecule has 1 aliphatic rings. The van der Waals surface area contributed by atoms with E-state index in [2.05, 4.69) is 15.6 Å². The summed E-state index contributed by atoms with van der Waals surface area (Å²) in [6, 6.07) is 13.3. The first kappa shape index (κ1) is 12.5. The molecule has 3 aromatic rings. The smallest absolute Gasteiger partial charge is 0.125 e. The first-order valence-corrected chi connectivity index (χ1v) is 7.13. The lowest BCUT2D eigenvalue weighted by atomic mass is 10.2. The molecule has 0 unspecified atom stereocenters. The van der Waals surface area contributed by atoms with Crippen LogP contribution in [0.3, 0.4) is 0 Å². The summed E-state index contributed by atoms with van der Waals surface area (Å²) in [5.41, 5.74) is 3.32. The van der Waals surface area contributed by atoms with E-state index in [9.17, 15) is 4.39 Å². The van der Waals surface area contributed by atoms with Gasteiger partial charge in [0.05, 0.1) is 11.2 Å². The number of halogens is 1. The molecule has 4 rings (SSSR count). The van der Waals surface area contributed by atoms with Gasteiger partial charge in [-0.1, -0.05) is 17.3 Å². The number of benzene rings is 2. The second-order valence-corrected chi connectivity index (χ2v) is 5.46. The summed E-state index contributed by atoms with van der Waals surface area (Å²) in [6.07, 6.45) is 2.44.